The molecule has 0 bridgehead atoms. The molecular formula is C16H18BrF2N3O3. The van der Waals surface area contributed by atoms with Crippen molar-refractivity contribution in [3.63, 3.8) is 0 Å². The first-order chi connectivity index (χ1) is 11.5. The van der Waals surface area contributed by atoms with Crippen LogP contribution in [0, 0.1) is 0 Å². The van der Waals surface area contributed by atoms with Gasteiger partial charge in [0.05, 0.1) is 5.56 Å². The number of alkyl carbamates (subject to hydrolysis) is 1. The van der Waals surface area contributed by atoms with Crippen molar-refractivity contribution in [1.29, 1.82) is 0 Å². The molecule has 0 unspecified atom stereocenters. The second kappa shape index (κ2) is 5.89. The first-order valence-corrected chi connectivity index (χ1v) is 8.65. The van der Waals surface area contributed by atoms with Gasteiger partial charge in [0, 0.05) is 22.8 Å². The molecule has 1 aromatic rings. The highest BCUT2D eigenvalue weighted by atomic mass is 79.9. The van der Waals surface area contributed by atoms with Crippen molar-refractivity contribution in [2.75, 3.05) is 4.90 Å². The smallest absolute Gasteiger partial charge is 0.407 e. The third-order valence-corrected chi connectivity index (χ3v) is 4.52. The Balaban J connectivity index is 1.68. The van der Waals surface area contributed by atoms with Crippen LogP contribution in [-0.4, -0.2) is 34.7 Å². The Hall–Kier alpha value is -1.77. The van der Waals surface area contributed by atoms with E-state index in [9.17, 15) is 18.4 Å². The van der Waals surface area contributed by atoms with Crippen LogP contribution in [0.5, 0.6) is 0 Å². The van der Waals surface area contributed by atoms with Crippen LogP contribution in [0.3, 0.4) is 0 Å². The summed E-state index contributed by atoms with van der Waals surface area (Å²) in [4.78, 5) is 28.9. The van der Waals surface area contributed by atoms with Gasteiger partial charge < -0.3 is 10.1 Å². The molecule has 1 aromatic heterocycles. The lowest BCUT2D eigenvalue weighted by molar-refractivity contribution is -0.142. The van der Waals surface area contributed by atoms with Crippen LogP contribution in [-0.2, 0) is 15.5 Å². The van der Waals surface area contributed by atoms with Crippen molar-refractivity contribution in [2.24, 2.45) is 0 Å². The van der Waals surface area contributed by atoms with Crippen LogP contribution < -0.4 is 10.2 Å². The van der Waals surface area contributed by atoms with Crippen LogP contribution in [0.15, 0.2) is 16.7 Å². The molecule has 1 fully saturated rings. The first kappa shape index (κ1) is 18.0. The Morgan fingerprint density at radius 1 is 1.44 bits per heavy atom. The third-order valence-electron chi connectivity index (χ3n) is 4.09. The number of nitrogens with zero attached hydrogens (tertiary/aromatic N) is 2. The van der Waals surface area contributed by atoms with Gasteiger partial charge in [-0.15, -0.1) is 0 Å². The predicted octanol–water partition coefficient (Wildman–Crippen LogP) is 3.34. The van der Waals surface area contributed by atoms with Crippen LogP contribution in [0.25, 0.3) is 0 Å². The van der Waals surface area contributed by atoms with E-state index in [-0.39, 0.29) is 11.9 Å². The number of amides is 2. The summed E-state index contributed by atoms with van der Waals surface area (Å²) in [6, 6.07) is 0.573. The van der Waals surface area contributed by atoms with Gasteiger partial charge >= 0.3 is 17.9 Å². The maximum absolute atomic E-state index is 14.2. The lowest BCUT2D eigenvalue weighted by Gasteiger charge is -2.41. The number of hydrogen-bond acceptors (Lipinski definition) is 4. The maximum atomic E-state index is 14.2. The van der Waals surface area contributed by atoms with Gasteiger partial charge in [-0.2, -0.15) is 8.78 Å². The van der Waals surface area contributed by atoms with Crippen LogP contribution in [0.4, 0.5) is 19.4 Å². The third kappa shape index (κ3) is 3.33. The van der Waals surface area contributed by atoms with E-state index in [1.165, 1.54) is 12.3 Å². The summed E-state index contributed by atoms with van der Waals surface area (Å²) in [5, 5.41) is 2.68. The fourth-order valence-corrected chi connectivity index (χ4v) is 3.28. The van der Waals surface area contributed by atoms with E-state index >= 15 is 0 Å². The fourth-order valence-electron chi connectivity index (χ4n) is 2.95. The molecule has 0 spiro atoms. The summed E-state index contributed by atoms with van der Waals surface area (Å²) >= 11 is 3.10. The van der Waals surface area contributed by atoms with E-state index < -0.39 is 35.1 Å². The molecule has 2 heterocycles. The number of pyridine rings is 1. The van der Waals surface area contributed by atoms with Crippen molar-refractivity contribution in [2.45, 2.75) is 57.2 Å². The summed E-state index contributed by atoms with van der Waals surface area (Å²) in [5.41, 5.74) is -1.01. The molecule has 1 N–H and O–H groups in total. The zero-order chi connectivity index (χ0) is 18.6. The summed E-state index contributed by atoms with van der Waals surface area (Å²) in [6.07, 6.45) is 1.57. The van der Waals surface area contributed by atoms with Crippen molar-refractivity contribution in [3.05, 3.63) is 22.3 Å². The van der Waals surface area contributed by atoms with Crippen LogP contribution >= 0.6 is 15.9 Å². The van der Waals surface area contributed by atoms with Gasteiger partial charge in [-0.05, 0) is 55.6 Å². The Bertz CT molecular complexity index is 730. The first-order valence-electron chi connectivity index (χ1n) is 7.86. The summed E-state index contributed by atoms with van der Waals surface area (Å²) < 4.78 is 34.0. The standard InChI is InChI=1S/C16H18BrF2N3O3/c1-15(2,3)25-14(24)21-9-5-10(6-9)22-12-11(4-8(17)7-20-12)16(18,19)13(22)23/h4,7,9-10H,5-6H2,1-3H3,(H,21,24). The molecule has 2 amide bonds. The Labute approximate surface area is 152 Å². The number of fused-ring (bicyclic) bond motifs is 1. The number of carbonyl (C=O) groups excluding carboxylic acids is 2. The molecule has 1 aliphatic heterocycles. The lowest BCUT2D eigenvalue weighted by Crippen LogP contribution is -2.56. The van der Waals surface area contributed by atoms with Gasteiger partial charge in [0.2, 0.25) is 0 Å². The predicted molar refractivity (Wildman–Crippen MR) is 89.5 cm³/mol. The monoisotopic (exact) mass is 417 g/mol. The average molecular weight is 418 g/mol. The van der Waals surface area contributed by atoms with E-state index in [1.807, 2.05) is 0 Å². The zero-order valence-electron chi connectivity index (χ0n) is 14.0. The number of hydrogen-bond donors (Lipinski definition) is 1. The Morgan fingerprint density at radius 2 is 2.08 bits per heavy atom. The minimum absolute atomic E-state index is 0.0149. The molecule has 136 valence electrons. The zero-order valence-corrected chi connectivity index (χ0v) is 15.6. The van der Waals surface area contributed by atoms with E-state index in [1.54, 1.807) is 20.8 Å². The molecule has 6 nitrogen and oxygen atoms in total. The van der Waals surface area contributed by atoms with Crippen LogP contribution in [0.1, 0.15) is 39.2 Å². The second-order valence-electron chi connectivity index (χ2n) is 7.24. The Kier molecular flexibility index (Phi) is 4.25. The quantitative estimate of drug-likeness (QED) is 0.800. The SMILES string of the molecule is CC(C)(C)OC(=O)NC1CC(N2C(=O)C(F)(F)c3cc(Br)cnc32)C1. The van der Waals surface area contributed by atoms with Gasteiger partial charge in [-0.1, -0.05) is 0 Å². The van der Waals surface area contributed by atoms with Gasteiger partial charge in [0.1, 0.15) is 11.4 Å². The van der Waals surface area contributed by atoms with Crippen molar-refractivity contribution in [1.82, 2.24) is 10.3 Å². The number of nitrogens with one attached hydrogen (secondary N) is 1. The minimum Gasteiger partial charge on any atom is -0.444 e. The maximum Gasteiger partial charge on any atom is 0.407 e. The highest BCUT2D eigenvalue weighted by molar-refractivity contribution is 9.10. The van der Waals surface area contributed by atoms with Gasteiger partial charge in [-0.25, -0.2) is 9.78 Å². The summed E-state index contributed by atoms with van der Waals surface area (Å²) in [6.45, 7) is 5.26. The molecule has 9 heteroatoms. The van der Waals surface area contributed by atoms with E-state index in [0.717, 1.165) is 4.90 Å². The number of ether oxygens (including phenoxy) is 1. The fraction of sp³-hybridized carbons (Fsp3) is 0.562. The Morgan fingerprint density at radius 3 is 2.68 bits per heavy atom. The number of carbonyl (C=O) groups is 2. The molecule has 0 aromatic carbocycles. The second-order valence-corrected chi connectivity index (χ2v) is 8.16. The van der Waals surface area contributed by atoms with Gasteiger partial charge in [-0.3, -0.25) is 9.69 Å². The number of halogens is 3. The van der Waals surface area contributed by atoms with Crippen molar-refractivity contribution >= 4 is 33.7 Å². The molecule has 0 saturated heterocycles. The molecular weight excluding hydrogens is 400 g/mol. The largest absolute Gasteiger partial charge is 0.444 e. The average Bonchev–Trinajstić information content (AvgIpc) is 2.61. The normalized spacial score (nSPS) is 24.6. The summed E-state index contributed by atoms with van der Waals surface area (Å²) in [5.74, 6) is -4.87. The molecule has 3 rings (SSSR count). The highest BCUT2D eigenvalue weighted by Gasteiger charge is 2.57. The topological polar surface area (TPSA) is 71.5 Å². The number of anilines is 1. The minimum atomic E-state index is -3.59. The van der Waals surface area contributed by atoms with E-state index in [2.05, 4.69) is 26.2 Å². The van der Waals surface area contributed by atoms with E-state index in [4.69, 9.17) is 4.74 Å². The van der Waals surface area contributed by atoms with E-state index in [0.29, 0.717) is 17.3 Å². The highest BCUT2D eigenvalue weighted by Crippen LogP contribution is 2.47. The van der Waals surface area contributed by atoms with Gasteiger partial charge in [0.25, 0.3) is 0 Å². The number of rotatable bonds is 2. The molecule has 0 atom stereocenters. The number of alkyl halides is 2. The molecule has 2 aliphatic rings. The lowest BCUT2D eigenvalue weighted by atomic mass is 9.85. The van der Waals surface area contributed by atoms with Gasteiger partial charge in [0.15, 0.2) is 0 Å². The van der Waals surface area contributed by atoms with Crippen molar-refractivity contribution < 1.29 is 23.1 Å². The van der Waals surface area contributed by atoms with Crippen molar-refractivity contribution in [3.8, 4) is 0 Å². The molecule has 1 aliphatic carbocycles. The molecule has 1 saturated carbocycles. The molecule has 25 heavy (non-hydrogen) atoms. The summed E-state index contributed by atoms with van der Waals surface area (Å²) in [7, 11) is 0. The molecule has 0 radical (unpaired) electrons. The number of aromatic nitrogens is 1. The van der Waals surface area contributed by atoms with Crippen LogP contribution in [0.2, 0.25) is 0 Å².